The summed E-state index contributed by atoms with van der Waals surface area (Å²) in [5.41, 5.74) is 12.4. The monoisotopic (exact) mass is 377 g/mol. The lowest BCUT2D eigenvalue weighted by Gasteiger charge is -2.08. The maximum Gasteiger partial charge on any atom is 0.273 e. The molecule has 0 bridgehead atoms. The number of nitrogens with two attached hydrogens (primary N) is 2. The normalized spacial score (nSPS) is 10.5. The number of aromatic nitrogens is 2. The molecule has 8 heteroatoms. The molecule has 26 heavy (non-hydrogen) atoms. The number of amides is 1. The van der Waals surface area contributed by atoms with E-state index in [4.69, 9.17) is 27.8 Å². The van der Waals surface area contributed by atoms with Gasteiger partial charge in [0.25, 0.3) is 5.91 Å². The summed E-state index contributed by atoms with van der Waals surface area (Å²) in [6, 6.07) is 8.10. The molecular formula is C18H24ClN5O2. The highest BCUT2D eigenvalue weighted by Gasteiger charge is 2.15. The van der Waals surface area contributed by atoms with E-state index in [1.807, 2.05) is 12.1 Å². The van der Waals surface area contributed by atoms with Crippen molar-refractivity contribution in [1.29, 1.82) is 0 Å². The largest absolute Gasteiger partial charge is 0.494 e. The first-order valence-corrected chi connectivity index (χ1v) is 8.97. The Balaban J connectivity index is 1.72. The average Bonchev–Trinajstić information content (AvgIpc) is 2.63. The molecule has 1 heterocycles. The molecule has 0 saturated carbocycles. The SMILES string of the molecule is CCCOc1ccc(CCCCNC(=O)c2nc(Cl)c(N)nc2N)cc1. The first-order valence-electron chi connectivity index (χ1n) is 8.59. The van der Waals surface area contributed by atoms with Crippen molar-refractivity contribution in [2.45, 2.75) is 32.6 Å². The van der Waals surface area contributed by atoms with Gasteiger partial charge >= 0.3 is 0 Å². The van der Waals surface area contributed by atoms with E-state index in [2.05, 4.69) is 34.3 Å². The van der Waals surface area contributed by atoms with E-state index >= 15 is 0 Å². The molecule has 2 rings (SSSR count). The molecule has 1 amide bonds. The molecule has 0 unspecified atom stereocenters. The highest BCUT2D eigenvalue weighted by Crippen LogP contribution is 2.17. The fourth-order valence-electron chi connectivity index (χ4n) is 2.32. The van der Waals surface area contributed by atoms with Gasteiger partial charge in [-0.15, -0.1) is 0 Å². The zero-order valence-electron chi connectivity index (χ0n) is 14.8. The number of halogens is 1. The lowest BCUT2D eigenvalue weighted by Crippen LogP contribution is -2.27. The molecule has 2 aromatic rings. The second kappa shape index (κ2) is 9.82. The lowest BCUT2D eigenvalue weighted by molar-refractivity contribution is 0.0949. The van der Waals surface area contributed by atoms with Gasteiger partial charge in [0.2, 0.25) is 0 Å². The Morgan fingerprint density at radius 2 is 1.88 bits per heavy atom. The van der Waals surface area contributed by atoms with Crippen LogP contribution in [0.1, 0.15) is 42.2 Å². The van der Waals surface area contributed by atoms with Crippen LogP contribution in [-0.4, -0.2) is 29.0 Å². The van der Waals surface area contributed by atoms with Crippen LogP contribution < -0.4 is 21.5 Å². The summed E-state index contributed by atoms with van der Waals surface area (Å²) in [4.78, 5) is 19.8. The highest BCUT2D eigenvalue weighted by molar-refractivity contribution is 6.31. The van der Waals surface area contributed by atoms with Crippen molar-refractivity contribution in [3.8, 4) is 5.75 Å². The summed E-state index contributed by atoms with van der Waals surface area (Å²) >= 11 is 5.78. The lowest BCUT2D eigenvalue weighted by atomic mass is 10.1. The fraction of sp³-hybridized carbons (Fsp3) is 0.389. The number of anilines is 2. The van der Waals surface area contributed by atoms with Crippen molar-refractivity contribution in [2.75, 3.05) is 24.6 Å². The second-order valence-corrected chi connectivity index (χ2v) is 6.20. The summed E-state index contributed by atoms with van der Waals surface area (Å²) in [7, 11) is 0. The topological polar surface area (TPSA) is 116 Å². The maximum atomic E-state index is 12.1. The highest BCUT2D eigenvalue weighted by atomic mass is 35.5. The molecule has 7 nitrogen and oxygen atoms in total. The van der Waals surface area contributed by atoms with E-state index < -0.39 is 5.91 Å². The number of rotatable bonds is 9. The minimum Gasteiger partial charge on any atom is -0.494 e. The van der Waals surface area contributed by atoms with Gasteiger partial charge in [-0.2, -0.15) is 0 Å². The van der Waals surface area contributed by atoms with Gasteiger partial charge in [-0.1, -0.05) is 30.7 Å². The van der Waals surface area contributed by atoms with Crippen molar-refractivity contribution < 1.29 is 9.53 Å². The van der Waals surface area contributed by atoms with Crippen LogP contribution in [0.2, 0.25) is 5.15 Å². The zero-order chi connectivity index (χ0) is 18.9. The van der Waals surface area contributed by atoms with E-state index in [1.165, 1.54) is 5.56 Å². The number of nitrogens with zero attached hydrogens (tertiary/aromatic N) is 2. The van der Waals surface area contributed by atoms with Crippen molar-refractivity contribution in [3.63, 3.8) is 0 Å². The van der Waals surface area contributed by atoms with Crippen LogP contribution in [0.5, 0.6) is 5.75 Å². The molecule has 0 fully saturated rings. The maximum absolute atomic E-state index is 12.1. The van der Waals surface area contributed by atoms with Crippen LogP contribution in [0.25, 0.3) is 0 Å². The molecular weight excluding hydrogens is 354 g/mol. The summed E-state index contributed by atoms with van der Waals surface area (Å²) in [5.74, 6) is 0.458. The molecule has 5 N–H and O–H groups in total. The fourth-order valence-corrected chi connectivity index (χ4v) is 2.45. The summed E-state index contributed by atoms with van der Waals surface area (Å²) in [6.45, 7) is 3.32. The Bertz CT molecular complexity index is 737. The first kappa shape index (κ1) is 19.8. The first-order chi connectivity index (χ1) is 12.5. The molecule has 0 aliphatic heterocycles. The van der Waals surface area contributed by atoms with Gasteiger partial charge < -0.3 is 21.5 Å². The zero-order valence-corrected chi connectivity index (χ0v) is 15.6. The van der Waals surface area contributed by atoms with E-state index in [0.717, 1.165) is 38.0 Å². The Morgan fingerprint density at radius 3 is 2.58 bits per heavy atom. The summed E-state index contributed by atoms with van der Waals surface area (Å²) in [5, 5.41) is 2.73. The summed E-state index contributed by atoms with van der Waals surface area (Å²) in [6.07, 6.45) is 3.70. The van der Waals surface area contributed by atoms with Crippen LogP contribution in [-0.2, 0) is 6.42 Å². The number of aryl methyl sites for hydroxylation is 1. The molecule has 0 spiro atoms. The number of nitrogen functional groups attached to an aromatic ring is 2. The third-order valence-corrected chi connectivity index (χ3v) is 3.97. The number of carbonyl (C=O) groups excluding carboxylic acids is 1. The molecule has 0 aliphatic carbocycles. The Morgan fingerprint density at radius 1 is 1.15 bits per heavy atom. The van der Waals surface area contributed by atoms with Gasteiger partial charge in [0.1, 0.15) is 5.75 Å². The van der Waals surface area contributed by atoms with Gasteiger partial charge in [0.05, 0.1) is 6.61 Å². The predicted octanol–water partition coefficient (Wildman–Crippen LogP) is 2.84. The number of hydrogen-bond acceptors (Lipinski definition) is 6. The Labute approximate surface area is 158 Å². The number of benzene rings is 1. The van der Waals surface area contributed by atoms with Crippen LogP contribution in [0, 0.1) is 0 Å². The third-order valence-electron chi connectivity index (χ3n) is 3.69. The number of hydrogen-bond donors (Lipinski definition) is 3. The van der Waals surface area contributed by atoms with E-state index in [9.17, 15) is 4.79 Å². The minimum absolute atomic E-state index is 0.00632. The van der Waals surface area contributed by atoms with Crippen molar-refractivity contribution >= 4 is 29.1 Å². The predicted molar refractivity (Wildman–Crippen MR) is 103 cm³/mol. The average molecular weight is 378 g/mol. The van der Waals surface area contributed by atoms with Crippen LogP contribution >= 0.6 is 11.6 Å². The van der Waals surface area contributed by atoms with Crippen molar-refractivity contribution in [1.82, 2.24) is 15.3 Å². The molecule has 0 aliphatic rings. The number of ether oxygens (including phenoxy) is 1. The number of unbranched alkanes of at least 4 members (excludes halogenated alkanes) is 1. The van der Waals surface area contributed by atoms with Crippen molar-refractivity contribution in [3.05, 3.63) is 40.7 Å². The van der Waals surface area contributed by atoms with Gasteiger partial charge in [-0.3, -0.25) is 4.79 Å². The number of nitrogens with one attached hydrogen (secondary N) is 1. The van der Waals surface area contributed by atoms with Gasteiger partial charge in [0, 0.05) is 6.54 Å². The van der Waals surface area contributed by atoms with Crippen LogP contribution in [0.15, 0.2) is 24.3 Å². The molecule has 1 aromatic heterocycles. The Kier molecular flexibility index (Phi) is 7.47. The third kappa shape index (κ3) is 5.77. The molecule has 0 atom stereocenters. The summed E-state index contributed by atoms with van der Waals surface area (Å²) < 4.78 is 5.56. The van der Waals surface area contributed by atoms with Gasteiger partial charge in [-0.25, -0.2) is 9.97 Å². The van der Waals surface area contributed by atoms with E-state index in [-0.39, 0.29) is 22.5 Å². The van der Waals surface area contributed by atoms with Gasteiger partial charge in [-0.05, 0) is 43.4 Å². The van der Waals surface area contributed by atoms with Crippen LogP contribution in [0.4, 0.5) is 11.6 Å². The molecule has 140 valence electrons. The quantitative estimate of drug-likeness (QED) is 0.578. The van der Waals surface area contributed by atoms with E-state index in [1.54, 1.807) is 0 Å². The molecule has 0 saturated heterocycles. The standard InChI is InChI=1S/C18H24ClN5O2/c1-2-11-26-13-8-6-12(7-9-13)5-3-4-10-22-18(25)14-16(20)24-17(21)15(19)23-14/h6-9H,2-5,10-11H2,1H3,(H,22,25)(H4,20,21,24). The van der Waals surface area contributed by atoms with Gasteiger partial charge in [0.15, 0.2) is 22.5 Å². The smallest absolute Gasteiger partial charge is 0.273 e. The van der Waals surface area contributed by atoms with E-state index in [0.29, 0.717) is 6.54 Å². The number of carbonyl (C=O) groups is 1. The van der Waals surface area contributed by atoms with Crippen molar-refractivity contribution in [2.24, 2.45) is 0 Å². The Hall–Kier alpha value is -2.54. The van der Waals surface area contributed by atoms with Crippen LogP contribution in [0.3, 0.4) is 0 Å². The second-order valence-electron chi connectivity index (χ2n) is 5.84. The molecule has 1 aromatic carbocycles. The molecule has 0 radical (unpaired) electrons. The minimum atomic E-state index is -0.408.